The van der Waals surface area contributed by atoms with Gasteiger partial charge in [0.2, 0.25) is 0 Å². The van der Waals surface area contributed by atoms with Crippen LogP contribution in [0.4, 0.5) is 0 Å². The zero-order chi connectivity index (χ0) is 21.7. The van der Waals surface area contributed by atoms with E-state index >= 15 is 0 Å². The molecule has 172 valence electrons. The zero-order valence-corrected chi connectivity index (χ0v) is 19.8. The number of hydrogen-bond donors (Lipinski definition) is 3. The van der Waals surface area contributed by atoms with Crippen LogP contribution in [0.5, 0.6) is 0 Å². The second-order valence-electron chi connectivity index (χ2n) is 12.2. The van der Waals surface area contributed by atoms with E-state index in [9.17, 15) is 15.3 Å². The maximum atomic E-state index is 11.3. The second-order valence-corrected chi connectivity index (χ2v) is 12.2. The number of aliphatic hydroxyl groups excluding tert-OH is 3. The molecular weight excluding hydrogens is 372 g/mol. The lowest BCUT2D eigenvalue weighted by Gasteiger charge is -2.59. The van der Waals surface area contributed by atoms with E-state index in [0.717, 1.165) is 37.5 Å². The molecule has 4 aliphatic rings. The largest absolute Gasteiger partial charge is 0.396 e. The molecule has 3 nitrogen and oxygen atoms in total. The molecule has 0 amide bonds. The smallest absolute Gasteiger partial charge is 0.0757 e. The van der Waals surface area contributed by atoms with Gasteiger partial charge in [0, 0.05) is 6.61 Å². The molecule has 0 bridgehead atoms. The highest BCUT2D eigenvalue weighted by Crippen LogP contribution is 2.67. The Labute approximate surface area is 184 Å². The quantitative estimate of drug-likeness (QED) is 0.511. The molecule has 30 heavy (non-hydrogen) atoms. The topological polar surface area (TPSA) is 60.7 Å². The lowest BCUT2D eigenvalue weighted by atomic mass is 9.46. The molecule has 4 aliphatic carbocycles. The van der Waals surface area contributed by atoms with Crippen LogP contribution in [0.15, 0.2) is 11.6 Å². The molecule has 0 aromatic heterocycles. The summed E-state index contributed by atoms with van der Waals surface area (Å²) in [5.41, 5.74) is 1.90. The molecule has 0 aromatic rings. The third kappa shape index (κ3) is 3.71. The number of rotatable bonds is 6. The van der Waals surface area contributed by atoms with Crippen molar-refractivity contribution < 1.29 is 15.3 Å². The fourth-order valence-corrected chi connectivity index (χ4v) is 8.69. The summed E-state index contributed by atoms with van der Waals surface area (Å²) >= 11 is 0. The van der Waals surface area contributed by atoms with Gasteiger partial charge < -0.3 is 15.3 Å². The van der Waals surface area contributed by atoms with E-state index in [2.05, 4.69) is 33.8 Å². The maximum Gasteiger partial charge on any atom is 0.0757 e. The monoisotopic (exact) mass is 418 g/mol. The highest BCUT2D eigenvalue weighted by molar-refractivity contribution is 5.27. The van der Waals surface area contributed by atoms with Gasteiger partial charge in [-0.25, -0.2) is 0 Å². The van der Waals surface area contributed by atoms with E-state index in [-0.39, 0.29) is 17.6 Å². The number of fused-ring (bicyclic) bond motifs is 5. The molecule has 3 saturated carbocycles. The molecule has 0 heterocycles. The molecule has 3 heteroatoms. The average molecular weight is 419 g/mol. The Hall–Kier alpha value is -0.380. The molecule has 0 aromatic carbocycles. The van der Waals surface area contributed by atoms with Gasteiger partial charge in [0.15, 0.2) is 0 Å². The minimum atomic E-state index is -0.326. The summed E-state index contributed by atoms with van der Waals surface area (Å²) in [6.07, 6.45) is 13.2. The van der Waals surface area contributed by atoms with Crippen LogP contribution in [0, 0.1) is 46.3 Å². The van der Waals surface area contributed by atoms with Gasteiger partial charge in [-0.2, -0.15) is 0 Å². The summed E-state index contributed by atoms with van der Waals surface area (Å²) in [6, 6.07) is 0. The lowest BCUT2D eigenvalue weighted by molar-refractivity contribution is -0.0971. The fraction of sp³-hybridized carbons (Fsp3) is 0.926. The summed E-state index contributed by atoms with van der Waals surface area (Å²) in [5.74, 6) is 3.54. The predicted octanol–water partition coefficient (Wildman–Crippen LogP) is 5.33. The van der Waals surface area contributed by atoms with Crippen LogP contribution in [-0.4, -0.2) is 34.1 Å². The lowest BCUT2D eigenvalue weighted by Crippen LogP contribution is -2.54. The highest BCUT2D eigenvalue weighted by atomic mass is 16.3. The molecule has 0 spiro atoms. The highest BCUT2D eigenvalue weighted by Gasteiger charge is 2.61. The first-order chi connectivity index (χ1) is 14.2. The Bertz CT molecular complexity index is 644. The summed E-state index contributed by atoms with van der Waals surface area (Å²) in [5, 5.41) is 30.8. The van der Waals surface area contributed by atoms with Crippen LogP contribution in [0.3, 0.4) is 0 Å². The summed E-state index contributed by atoms with van der Waals surface area (Å²) in [4.78, 5) is 0. The van der Waals surface area contributed by atoms with Gasteiger partial charge in [0.05, 0.1) is 12.2 Å². The molecule has 0 aliphatic heterocycles. The first-order valence-corrected chi connectivity index (χ1v) is 12.9. The predicted molar refractivity (Wildman–Crippen MR) is 122 cm³/mol. The Morgan fingerprint density at radius 3 is 2.50 bits per heavy atom. The Kier molecular flexibility index (Phi) is 6.48. The van der Waals surface area contributed by atoms with E-state index in [1.54, 1.807) is 0 Å². The van der Waals surface area contributed by atoms with Crippen molar-refractivity contribution >= 4 is 0 Å². The van der Waals surface area contributed by atoms with Crippen molar-refractivity contribution in [2.75, 3.05) is 6.61 Å². The first kappa shape index (κ1) is 22.8. The van der Waals surface area contributed by atoms with Crippen molar-refractivity contribution in [1.29, 1.82) is 0 Å². The van der Waals surface area contributed by atoms with Crippen LogP contribution >= 0.6 is 0 Å². The second kappa shape index (κ2) is 8.52. The van der Waals surface area contributed by atoms with Crippen molar-refractivity contribution in [3.63, 3.8) is 0 Å². The minimum Gasteiger partial charge on any atom is -0.396 e. The van der Waals surface area contributed by atoms with E-state index in [1.807, 2.05) is 0 Å². The molecule has 10 atom stereocenters. The van der Waals surface area contributed by atoms with Crippen molar-refractivity contribution in [3.8, 4) is 0 Å². The van der Waals surface area contributed by atoms with Gasteiger partial charge in [0.1, 0.15) is 0 Å². The van der Waals surface area contributed by atoms with E-state index in [4.69, 9.17) is 0 Å². The standard InChI is InChI=1S/C27H46O3/c1-17(16-28)6-5-7-18(2)21-8-9-22-25-23(11-13-27(21,22)4)26(3)12-10-20(29)14-19(26)15-24(25)30/h15,17-18,20-25,28-30H,5-14,16H2,1-4H3/t17?,18?,20?,21?,22?,23?,24?,25?,26-,27+/m0/s1. The van der Waals surface area contributed by atoms with Crippen LogP contribution in [0.25, 0.3) is 0 Å². The fourth-order valence-electron chi connectivity index (χ4n) is 8.69. The molecule has 8 unspecified atom stereocenters. The Morgan fingerprint density at radius 1 is 1.00 bits per heavy atom. The SMILES string of the molecule is CC(CO)CCCC(C)C1CCC2C3C(O)C=C4CC(O)CC[C@]4(C)C3CC[C@]12C. The van der Waals surface area contributed by atoms with Gasteiger partial charge in [-0.05, 0) is 97.7 Å². The van der Waals surface area contributed by atoms with E-state index < -0.39 is 0 Å². The van der Waals surface area contributed by atoms with Crippen LogP contribution < -0.4 is 0 Å². The van der Waals surface area contributed by atoms with E-state index in [1.165, 1.54) is 44.1 Å². The molecule has 3 fully saturated rings. The molecule has 0 saturated heterocycles. The third-order valence-electron chi connectivity index (χ3n) is 10.5. The van der Waals surface area contributed by atoms with Crippen molar-refractivity contribution in [2.45, 2.75) is 104 Å². The van der Waals surface area contributed by atoms with Crippen molar-refractivity contribution in [2.24, 2.45) is 46.3 Å². The molecule has 4 rings (SSSR count). The van der Waals surface area contributed by atoms with Gasteiger partial charge in [0.25, 0.3) is 0 Å². The first-order valence-electron chi connectivity index (χ1n) is 12.9. The van der Waals surface area contributed by atoms with Crippen molar-refractivity contribution in [3.05, 3.63) is 11.6 Å². The molecule has 0 radical (unpaired) electrons. The van der Waals surface area contributed by atoms with Gasteiger partial charge in [-0.3, -0.25) is 0 Å². The maximum absolute atomic E-state index is 11.3. The average Bonchev–Trinajstić information content (AvgIpc) is 3.06. The summed E-state index contributed by atoms with van der Waals surface area (Å²) in [6.45, 7) is 9.92. The number of aliphatic hydroxyl groups is 3. The summed E-state index contributed by atoms with van der Waals surface area (Å²) in [7, 11) is 0. The Morgan fingerprint density at radius 2 is 1.77 bits per heavy atom. The van der Waals surface area contributed by atoms with E-state index in [0.29, 0.717) is 35.7 Å². The Balaban J connectivity index is 1.50. The van der Waals surface area contributed by atoms with Gasteiger partial charge in [-0.1, -0.05) is 52.2 Å². The molecule has 3 N–H and O–H groups in total. The van der Waals surface area contributed by atoms with Crippen LogP contribution in [-0.2, 0) is 0 Å². The third-order valence-corrected chi connectivity index (χ3v) is 10.5. The number of hydrogen-bond acceptors (Lipinski definition) is 3. The van der Waals surface area contributed by atoms with Crippen LogP contribution in [0.2, 0.25) is 0 Å². The van der Waals surface area contributed by atoms with Crippen LogP contribution in [0.1, 0.15) is 91.9 Å². The zero-order valence-electron chi connectivity index (χ0n) is 19.8. The normalized spacial score (nSPS) is 47.6. The van der Waals surface area contributed by atoms with Crippen molar-refractivity contribution in [1.82, 2.24) is 0 Å². The van der Waals surface area contributed by atoms with Gasteiger partial charge in [-0.15, -0.1) is 0 Å². The molecular formula is C27H46O3. The van der Waals surface area contributed by atoms with Gasteiger partial charge >= 0.3 is 0 Å². The summed E-state index contributed by atoms with van der Waals surface area (Å²) < 4.78 is 0. The minimum absolute atomic E-state index is 0.189.